The van der Waals surface area contributed by atoms with Crippen molar-refractivity contribution in [1.82, 2.24) is 4.72 Å². The smallest absolute Gasteiger partial charge is 0.240 e. The molecule has 0 amide bonds. The lowest BCUT2D eigenvalue weighted by Gasteiger charge is -2.15. The van der Waals surface area contributed by atoms with Gasteiger partial charge in [0.15, 0.2) is 0 Å². The summed E-state index contributed by atoms with van der Waals surface area (Å²) in [5, 5.41) is 3.23. The van der Waals surface area contributed by atoms with Crippen LogP contribution in [-0.2, 0) is 16.4 Å². The molecule has 1 aromatic carbocycles. The van der Waals surface area contributed by atoms with Crippen LogP contribution in [0.4, 0.5) is 5.69 Å². The van der Waals surface area contributed by atoms with Crippen molar-refractivity contribution in [2.24, 2.45) is 5.41 Å². The molecule has 0 bridgehead atoms. The summed E-state index contributed by atoms with van der Waals surface area (Å²) >= 11 is 0. The van der Waals surface area contributed by atoms with Gasteiger partial charge in [-0.05, 0) is 48.8 Å². The molecule has 1 aliphatic carbocycles. The van der Waals surface area contributed by atoms with Crippen molar-refractivity contribution < 1.29 is 8.42 Å². The molecule has 1 fully saturated rings. The van der Waals surface area contributed by atoms with E-state index in [9.17, 15) is 8.42 Å². The predicted molar refractivity (Wildman–Crippen MR) is 80.4 cm³/mol. The van der Waals surface area contributed by atoms with Crippen LogP contribution in [0.15, 0.2) is 23.1 Å². The van der Waals surface area contributed by atoms with Gasteiger partial charge in [0.2, 0.25) is 10.0 Å². The van der Waals surface area contributed by atoms with E-state index in [1.54, 1.807) is 12.1 Å². The van der Waals surface area contributed by atoms with Crippen LogP contribution in [0.5, 0.6) is 0 Å². The topological polar surface area (TPSA) is 58.2 Å². The Balaban J connectivity index is 1.72. The summed E-state index contributed by atoms with van der Waals surface area (Å²) in [6.07, 6.45) is 5.50. The fourth-order valence-corrected chi connectivity index (χ4v) is 4.17. The molecule has 0 saturated heterocycles. The molecule has 0 radical (unpaired) electrons. The third kappa shape index (κ3) is 2.69. The van der Waals surface area contributed by atoms with Crippen molar-refractivity contribution in [3.63, 3.8) is 0 Å². The Morgan fingerprint density at radius 2 is 2.15 bits per heavy atom. The van der Waals surface area contributed by atoms with Crippen molar-refractivity contribution in [3.05, 3.63) is 23.8 Å². The molecule has 1 heterocycles. The number of fused-ring (bicyclic) bond motifs is 1. The third-order valence-corrected chi connectivity index (χ3v) is 5.87. The first kappa shape index (κ1) is 13.9. The van der Waals surface area contributed by atoms with Crippen molar-refractivity contribution >= 4 is 15.7 Å². The van der Waals surface area contributed by atoms with Gasteiger partial charge in [0.25, 0.3) is 0 Å². The minimum absolute atomic E-state index is 0.233. The molecule has 3 rings (SSSR count). The van der Waals surface area contributed by atoms with Gasteiger partial charge >= 0.3 is 0 Å². The molecular formula is C15H22N2O2S. The zero-order chi connectivity index (χ0) is 14.2. The number of nitrogens with one attached hydrogen (secondary N) is 2. The van der Waals surface area contributed by atoms with E-state index in [-0.39, 0.29) is 5.41 Å². The number of sulfonamides is 1. The molecule has 4 nitrogen and oxygen atoms in total. The van der Waals surface area contributed by atoms with Gasteiger partial charge in [-0.2, -0.15) is 0 Å². The molecule has 110 valence electrons. The van der Waals surface area contributed by atoms with E-state index < -0.39 is 10.0 Å². The minimum atomic E-state index is -3.38. The van der Waals surface area contributed by atoms with Gasteiger partial charge in [0.05, 0.1) is 4.90 Å². The highest BCUT2D eigenvalue weighted by molar-refractivity contribution is 7.89. The van der Waals surface area contributed by atoms with Crippen LogP contribution in [0.25, 0.3) is 0 Å². The van der Waals surface area contributed by atoms with Crippen LogP contribution in [-0.4, -0.2) is 21.5 Å². The number of anilines is 1. The van der Waals surface area contributed by atoms with E-state index in [0.717, 1.165) is 44.3 Å². The van der Waals surface area contributed by atoms with Crippen molar-refractivity contribution in [2.75, 3.05) is 18.4 Å². The van der Waals surface area contributed by atoms with Crippen LogP contribution in [0.2, 0.25) is 0 Å². The Morgan fingerprint density at radius 3 is 2.85 bits per heavy atom. The first-order valence-electron chi connectivity index (χ1n) is 7.41. The van der Waals surface area contributed by atoms with Crippen LogP contribution in [0.3, 0.4) is 0 Å². The number of rotatable bonds is 6. The lowest BCUT2D eigenvalue weighted by molar-refractivity contribution is 0.449. The second-order valence-corrected chi connectivity index (χ2v) is 7.84. The Bertz CT molecular complexity index is 606. The molecule has 1 saturated carbocycles. The summed E-state index contributed by atoms with van der Waals surface area (Å²) in [7, 11) is -3.38. The van der Waals surface area contributed by atoms with Gasteiger partial charge in [-0.15, -0.1) is 0 Å². The zero-order valence-electron chi connectivity index (χ0n) is 11.9. The maximum Gasteiger partial charge on any atom is 0.240 e. The monoisotopic (exact) mass is 294 g/mol. The summed E-state index contributed by atoms with van der Waals surface area (Å²) in [6, 6.07) is 5.39. The average molecular weight is 294 g/mol. The zero-order valence-corrected chi connectivity index (χ0v) is 12.7. The molecule has 20 heavy (non-hydrogen) atoms. The summed E-state index contributed by atoms with van der Waals surface area (Å²) in [6.45, 7) is 3.63. The number of benzene rings is 1. The second-order valence-electron chi connectivity index (χ2n) is 6.07. The molecular weight excluding hydrogens is 272 g/mol. The average Bonchev–Trinajstić information content (AvgIpc) is 3.03. The maximum absolute atomic E-state index is 12.4. The van der Waals surface area contributed by atoms with E-state index in [0.29, 0.717) is 11.4 Å². The van der Waals surface area contributed by atoms with E-state index in [1.165, 1.54) is 5.56 Å². The van der Waals surface area contributed by atoms with Gasteiger partial charge in [0.1, 0.15) is 0 Å². The van der Waals surface area contributed by atoms with Gasteiger partial charge in [-0.3, -0.25) is 0 Å². The van der Waals surface area contributed by atoms with Crippen LogP contribution >= 0.6 is 0 Å². The van der Waals surface area contributed by atoms with E-state index >= 15 is 0 Å². The molecule has 2 aliphatic rings. The van der Waals surface area contributed by atoms with E-state index in [1.807, 2.05) is 6.07 Å². The standard InChI is InChI=1S/C15H22N2O2S/c1-2-6-15(7-8-15)11-17-20(18,19)13-4-3-12-5-9-16-14(12)10-13/h3-4,10,16-17H,2,5-9,11H2,1H3. The molecule has 0 aromatic heterocycles. The largest absolute Gasteiger partial charge is 0.384 e. The molecule has 1 aromatic rings. The van der Waals surface area contributed by atoms with Gasteiger partial charge in [0, 0.05) is 18.8 Å². The summed E-state index contributed by atoms with van der Waals surface area (Å²) in [5.41, 5.74) is 2.40. The lowest BCUT2D eigenvalue weighted by atomic mass is 10.0. The highest BCUT2D eigenvalue weighted by atomic mass is 32.2. The quantitative estimate of drug-likeness (QED) is 0.847. The van der Waals surface area contributed by atoms with Crippen molar-refractivity contribution in [1.29, 1.82) is 0 Å². The van der Waals surface area contributed by atoms with Gasteiger partial charge < -0.3 is 5.32 Å². The number of hydrogen-bond acceptors (Lipinski definition) is 3. The Hall–Kier alpha value is -1.07. The predicted octanol–water partition coefficient (Wildman–Crippen LogP) is 2.51. The summed E-state index contributed by atoms with van der Waals surface area (Å²) in [4.78, 5) is 0.373. The molecule has 5 heteroatoms. The SMILES string of the molecule is CCCC1(CNS(=O)(=O)c2ccc3c(c2)NCC3)CC1. The summed E-state index contributed by atoms with van der Waals surface area (Å²) in [5.74, 6) is 0. The fraction of sp³-hybridized carbons (Fsp3) is 0.600. The first-order valence-corrected chi connectivity index (χ1v) is 8.89. The lowest BCUT2D eigenvalue weighted by Crippen LogP contribution is -2.30. The normalized spacial score (nSPS) is 19.4. The third-order valence-electron chi connectivity index (χ3n) is 4.48. The van der Waals surface area contributed by atoms with Crippen molar-refractivity contribution in [2.45, 2.75) is 43.9 Å². The molecule has 0 atom stereocenters. The van der Waals surface area contributed by atoms with Gasteiger partial charge in [-0.1, -0.05) is 19.4 Å². The molecule has 1 aliphatic heterocycles. The van der Waals surface area contributed by atoms with Crippen molar-refractivity contribution in [3.8, 4) is 0 Å². The second kappa shape index (κ2) is 5.04. The molecule has 2 N–H and O–H groups in total. The first-order chi connectivity index (χ1) is 9.55. The maximum atomic E-state index is 12.4. The van der Waals surface area contributed by atoms with Crippen LogP contribution < -0.4 is 10.0 Å². The Morgan fingerprint density at radius 1 is 1.35 bits per heavy atom. The van der Waals surface area contributed by atoms with E-state index in [2.05, 4.69) is 17.0 Å². The fourth-order valence-electron chi connectivity index (χ4n) is 2.99. The Kier molecular flexibility index (Phi) is 3.50. The van der Waals surface area contributed by atoms with Gasteiger partial charge in [-0.25, -0.2) is 13.1 Å². The highest BCUT2D eigenvalue weighted by Gasteiger charge is 2.42. The highest BCUT2D eigenvalue weighted by Crippen LogP contribution is 2.49. The number of hydrogen-bond donors (Lipinski definition) is 2. The van der Waals surface area contributed by atoms with Crippen LogP contribution in [0.1, 0.15) is 38.2 Å². The Labute approximate surface area is 121 Å². The van der Waals surface area contributed by atoms with E-state index in [4.69, 9.17) is 0 Å². The summed E-state index contributed by atoms with van der Waals surface area (Å²) < 4.78 is 27.5. The van der Waals surface area contributed by atoms with Crippen LogP contribution in [0, 0.1) is 5.41 Å². The minimum Gasteiger partial charge on any atom is -0.384 e. The molecule has 0 spiro atoms. The molecule has 0 unspecified atom stereocenters.